The number of nitrogens with zero attached hydrogens (tertiary/aromatic N) is 1. The Morgan fingerprint density at radius 3 is 2.81 bits per heavy atom. The van der Waals surface area contributed by atoms with Gasteiger partial charge >= 0.3 is 6.03 Å². The van der Waals surface area contributed by atoms with Gasteiger partial charge in [0.25, 0.3) is 0 Å². The molecule has 1 aromatic rings. The number of hydrogen-bond acceptors (Lipinski definition) is 2. The smallest absolute Gasteiger partial charge is 0.314 e. The lowest BCUT2D eigenvalue weighted by molar-refractivity contribution is 0.225. The Morgan fingerprint density at radius 1 is 1.38 bits per heavy atom. The van der Waals surface area contributed by atoms with Gasteiger partial charge < -0.3 is 10.2 Å². The molecule has 2 amide bonds. The Hall–Kier alpha value is -0.580. The van der Waals surface area contributed by atoms with Crippen LogP contribution in [-0.4, -0.2) is 29.1 Å². The van der Waals surface area contributed by atoms with Crippen LogP contribution in [0.15, 0.2) is 18.2 Å². The summed E-state index contributed by atoms with van der Waals surface area (Å²) in [5.74, 6) is 1.74. The molecule has 0 aromatic heterocycles. The van der Waals surface area contributed by atoms with Crippen molar-refractivity contribution < 1.29 is 4.79 Å². The predicted octanol–water partition coefficient (Wildman–Crippen LogP) is 3.53. The fourth-order valence-electron chi connectivity index (χ4n) is 1.35. The molecule has 0 bridgehead atoms. The molecule has 3 nitrogen and oxygen atoms in total. The van der Waals surface area contributed by atoms with Crippen LogP contribution in [0.25, 0.3) is 0 Å². The van der Waals surface area contributed by atoms with E-state index in [9.17, 15) is 4.79 Å². The first-order chi connectivity index (χ1) is 7.66. The van der Waals surface area contributed by atoms with Crippen molar-refractivity contribution in [2.24, 2.45) is 0 Å². The SMILES string of the molecule is O=C(Nc1ccc(Cl)c(Cl)c1)N1CCSC1. The highest BCUT2D eigenvalue weighted by molar-refractivity contribution is 7.99. The standard InChI is InChI=1S/C10H10Cl2N2OS/c11-8-2-1-7(5-9(8)12)13-10(15)14-3-4-16-6-14/h1-2,5H,3-4,6H2,(H,13,15). The Bertz CT molecular complexity index is 408. The fraction of sp³-hybridized carbons (Fsp3) is 0.300. The van der Waals surface area contributed by atoms with Crippen LogP contribution in [0.4, 0.5) is 10.5 Å². The minimum Gasteiger partial charge on any atom is -0.314 e. The van der Waals surface area contributed by atoms with E-state index < -0.39 is 0 Å². The molecule has 2 rings (SSSR count). The third kappa shape index (κ3) is 2.75. The highest BCUT2D eigenvalue weighted by Gasteiger charge is 2.18. The van der Waals surface area contributed by atoms with Gasteiger partial charge in [0.15, 0.2) is 0 Å². The number of rotatable bonds is 1. The highest BCUT2D eigenvalue weighted by atomic mass is 35.5. The van der Waals surface area contributed by atoms with Gasteiger partial charge in [0.2, 0.25) is 0 Å². The summed E-state index contributed by atoms with van der Waals surface area (Å²) in [4.78, 5) is 13.5. The number of benzene rings is 1. The van der Waals surface area contributed by atoms with Gasteiger partial charge in [-0.25, -0.2) is 4.79 Å². The molecule has 6 heteroatoms. The maximum Gasteiger partial charge on any atom is 0.322 e. The molecular formula is C10H10Cl2N2OS. The molecule has 16 heavy (non-hydrogen) atoms. The number of halogens is 2. The second kappa shape index (κ2) is 5.17. The van der Waals surface area contributed by atoms with Crippen LogP contribution in [0.1, 0.15) is 0 Å². The number of urea groups is 1. The minimum absolute atomic E-state index is 0.0941. The summed E-state index contributed by atoms with van der Waals surface area (Å²) in [5.41, 5.74) is 0.663. The van der Waals surface area contributed by atoms with E-state index in [-0.39, 0.29) is 6.03 Å². The summed E-state index contributed by atoms with van der Waals surface area (Å²) in [6.07, 6.45) is 0. The highest BCUT2D eigenvalue weighted by Crippen LogP contribution is 2.25. The summed E-state index contributed by atoms with van der Waals surface area (Å²) in [6.45, 7) is 0.790. The van der Waals surface area contributed by atoms with E-state index in [1.165, 1.54) is 0 Å². The van der Waals surface area contributed by atoms with E-state index in [1.54, 1.807) is 34.9 Å². The number of anilines is 1. The number of carbonyl (C=O) groups is 1. The largest absolute Gasteiger partial charge is 0.322 e. The van der Waals surface area contributed by atoms with Crippen LogP contribution in [0.3, 0.4) is 0 Å². The number of thioether (sulfide) groups is 1. The van der Waals surface area contributed by atoms with Gasteiger partial charge in [-0.05, 0) is 18.2 Å². The van der Waals surface area contributed by atoms with Gasteiger partial charge in [0, 0.05) is 18.0 Å². The van der Waals surface area contributed by atoms with Crippen molar-refractivity contribution in [1.82, 2.24) is 4.90 Å². The van der Waals surface area contributed by atoms with Crippen LogP contribution < -0.4 is 5.32 Å². The minimum atomic E-state index is -0.0941. The molecule has 0 unspecified atom stereocenters. The van der Waals surface area contributed by atoms with E-state index in [2.05, 4.69) is 5.32 Å². The van der Waals surface area contributed by atoms with Gasteiger partial charge in [-0.2, -0.15) is 0 Å². The predicted molar refractivity (Wildman–Crippen MR) is 69.5 cm³/mol. The summed E-state index contributed by atoms with van der Waals surface area (Å²) < 4.78 is 0. The van der Waals surface area contributed by atoms with Crippen molar-refractivity contribution in [3.05, 3.63) is 28.2 Å². The lowest BCUT2D eigenvalue weighted by Gasteiger charge is -2.15. The zero-order valence-electron chi connectivity index (χ0n) is 8.37. The topological polar surface area (TPSA) is 32.3 Å². The molecule has 0 saturated carbocycles. The quantitative estimate of drug-likeness (QED) is 0.851. The van der Waals surface area contributed by atoms with Crippen LogP contribution in [0.5, 0.6) is 0 Å². The summed E-state index contributed by atoms with van der Waals surface area (Å²) in [7, 11) is 0. The molecule has 1 fully saturated rings. The summed E-state index contributed by atoms with van der Waals surface area (Å²) in [5, 5.41) is 3.71. The molecule has 1 heterocycles. The van der Waals surface area contributed by atoms with Crippen molar-refractivity contribution in [2.45, 2.75) is 0 Å². The van der Waals surface area contributed by atoms with E-state index >= 15 is 0 Å². The molecule has 0 aliphatic carbocycles. The first-order valence-electron chi connectivity index (χ1n) is 4.75. The van der Waals surface area contributed by atoms with Crippen molar-refractivity contribution in [3.63, 3.8) is 0 Å². The first-order valence-corrected chi connectivity index (χ1v) is 6.66. The maximum atomic E-state index is 11.7. The Kier molecular flexibility index (Phi) is 3.84. The third-order valence-electron chi connectivity index (χ3n) is 2.21. The molecule has 1 aromatic carbocycles. The van der Waals surface area contributed by atoms with Gasteiger partial charge in [-0.15, -0.1) is 11.8 Å². The summed E-state index contributed by atoms with van der Waals surface area (Å²) >= 11 is 13.4. The molecule has 1 saturated heterocycles. The summed E-state index contributed by atoms with van der Waals surface area (Å²) in [6, 6.07) is 4.95. The Balaban J connectivity index is 2.02. The van der Waals surface area contributed by atoms with E-state index in [4.69, 9.17) is 23.2 Å². The molecule has 0 spiro atoms. The van der Waals surface area contributed by atoms with Gasteiger partial charge in [-0.3, -0.25) is 0 Å². The molecule has 0 atom stereocenters. The monoisotopic (exact) mass is 276 g/mol. The molecule has 1 aliphatic rings. The van der Waals surface area contributed by atoms with Crippen molar-refractivity contribution in [2.75, 3.05) is 23.5 Å². The van der Waals surface area contributed by atoms with E-state index in [1.807, 2.05) is 0 Å². The lowest BCUT2D eigenvalue weighted by Crippen LogP contribution is -2.32. The number of amides is 2. The lowest BCUT2D eigenvalue weighted by atomic mass is 10.3. The molecule has 0 radical (unpaired) electrons. The van der Waals surface area contributed by atoms with Crippen molar-refractivity contribution in [1.29, 1.82) is 0 Å². The molecular weight excluding hydrogens is 267 g/mol. The van der Waals surface area contributed by atoms with Crippen LogP contribution in [-0.2, 0) is 0 Å². The van der Waals surface area contributed by atoms with Crippen LogP contribution in [0, 0.1) is 0 Å². The average Bonchev–Trinajstić information content (AvgIpc) is 2.77. The van der Waals surface area contributed by atoms with Crippen LogP contribution >= 0.6 is 35.0 Å². The van der Waals surface area contributed by atoms with E-state index in [0.717, 1.165) is 18.2 Å². The number of nitrogens with one attached hydrogen (secondary N) is 1. The normalized spacial score (nSPS) is 15.2. The molecule has 1 N–H and O–H groups in total. The maximum absolute atomic E-state index is 11.7. The molecule has 1 aliphatic heterocycles. The zero-order valence-corrected chi connectivity index (χ0v) is 10.7. The van der Waals surface area contributed by atoms with Crippen LogP contribution in [0.2, 0.25) is 10.0 Å². The third-order valence-corrected chi connectivity index (χ3v) is 3.92. The second-order valence-electron chi connectivity index (χ2n) is 3.36. The Morgan fingerprint density at radius 2 is 2.19 bits per heavy atom. The van der Waals surface area contributed by atoms with Gasteiger partial charge in [0.05, 0.1) is 15.9 Å². The average molecular weight is 277 g/mol. The van der Waals surface area contributed by atoms with Crippen molar-refractivity contribution >= 4 is 46.7 Å². The number of carbonyl (C=O) groups excluding carboxylic acids is 1. The number of hydrogen-bond donors (Lipinski definition) is 1. The first kappa shape index (κ1) is 11.9. The van der Waals surface area contributed by atoms with Gasteiger partial charge in [-0.1, -0.05) is 23.2 Å². The Labute approximate surface area is 108 Å². The fourth-order valence-corrected chi connectivity index (χ4v) is 2.59. The molecule has 86 valence electrons. The van der Waals surface area contributed by atoms with E-state index in [0.29, 0.717) is 15.7 Å². The van der Waals surface area contributed by atoms with Gasteiger partial charge in [0.1, 0.15) is 0 Å². The zero-order chi connectivity index (χ0) is 11.5. The second-order valence-corrected chi connectivity index (χ2v) is 5.25. The van der Waals surface area contributed by atoms with Crippen molar-refractivity contribution in [3.8, 4) is 0 Å².